The van der Waals surface area contributed by atoms with Crippen molar-refractivity contribution in [3.63, 3.8) is 0 Å². The predicted octanol–water partition coefficient (Wildman–Crippen LogP) is 1.60. The van der Waals surface area contributed by atoms with E-state index >= 15 is 0 Å². The summed E-state index contributed by atoms with van der Waals surface area (Å²) in [6, 6.07) is 7.80. The SMILES string of the molecule is CCC(O)(CC)C(N)=O.Cc1ccccc1N. The van der Waals surface area contributed by atoms with Crippen LogP contribution in [0.25, 0.3) is 0 Å². The summed E-state index contributed by atoms with van der Waals surface area (Å²) < 4.78 is 0. The lowest BCUT2D eigenvalue weighted by atomic mass is 9.97. The standard InChI is InChI=1S/C7H9N.C6H13NO2/c1-6-4-2-3-5-7(6)8;1-3-6(9,4-2)5(7)8/h2-5H,8H2,1H3;9H,3-4H2,1-2H3,(H2,7,8). The molecule has 96 valence electrons. The Morgan fingerprint density at radius 3 is 1.94 bits per heavy atom. The summed E-state index contributed by atoms with van der Waals surface area (Å²) in [6.45, 7) is 5.46. The lowest BCUT2D eigenvalue weighted by Crippen LogP contribution is -2.42. The lowest BCUT2D eigenvalue weighted by molar-refractivity contribution is -0.136. The van der Waals surface area contributed by atoms with E-state index < -0.39 is 11.5 Å². The third-order valence-corrected chi connectivity index (χ3v) is 2.82. The number of amides is 1. The van der Waals surface area contributed by atoms with Gasteiger partial charge in [0, 0.05) is 5.69 Å². The predicted molar refractivity (Wildman–Crippen MR) is 70.3 cm³/mol. The molecule has 17 heavy (non-hydrogen) atoms. The summed E-state index contributed by atoms with van der Waals surface area (Å²) in [5.41, 5.74) is 11.2. The van der Waals surface area contributed by atoms with Crippen LogP contribution in [0.15, 0.2) is 24.3 Å². The van der Waals surface area contributed by atoms with Gasteiger partial charge in [0.1, 0.15) is 5.60 Å². The highest BCUT2D eigenvalue weighted by atomic mass is 16.3. The average Bonchev–Trinajstić information content (AvgIpc) is 2.32. The number of hydrogen-bond donors (Lipinski definition) is 3. The van der Waals surface area contributed by atoms with Gasteiger partial charge in [0.25, 0.3) is 0 Å². The number of rotatable bonds is 3. The molecule has 4 heteroatoms. The number of benzene rings is 1. The van der Waals surface area contributed by atoms with E-state index in [0.717, 1.165) is 11.3 Å². The first-order chi connectivity index (χ1) is 7.87. The van der Waals surface area contributed by atoms with Gasteiger partial charge in [-0.3, -0.25) is 4.79 Å². The van der Waals surface area contributed by atoms with Crippen molar-refractivity contribution in [2.24, 2.45) is 5.73 Å². The first kappa shape index (κ1) is 15.4. The quantitative estimate of drug-likeness (QED) is 0.699. The number of hydrogen-bond acceptors (Lipinski definition) is 3. The second-order valence-corrected chi connectivity index (χ2v) is 3.96. The van der Waals surface area contributed by atoms with E-state index in [0.29, 0.717) is 12.8 Å². The molecule has 1 aromatic carbocycles. The molecule has 0 saturated carbocycles. The summed E-state index contributed by atoms with van der Waals surface area (Å²) in [7, 11) is 0. The Kier molecular flexibility index (Phi) is 6.28. The molecule has 0 bridgehead atoms. The molecule has 0 saturated heterocycles. The van der Waals surface area contributed by atoms with E-state index in [9.17, 15) is 9.90 Å². The third kappa shape index (κ3) is 4.87. The molecule has 0 unspecified atom stereocenters. The Bertz CT molecular complexity index is 339. The van der Waals surface area contributed by atoms with Crippen LogP contribution in [0.3, 0.4) is 0 Å². The number of para-hydroxylation sites is 1. The molecule has 1 rings (SSSR count). The highest BCUT2D eigenvalue weighted by molar-refractivity contribution is 5.82. The van der Waals surface area contributed by atoms with Crippen LogP contribution in [0.2, 0.25) is 0 Å². The molecule has 0 aliphatic rings. The van der Waals surface area contributed by atoms with E-state index in [-0.39, 0.29) is 0 Å². The van der Waals surface area contributed by atoms with Crippen LogP contribution in [-0.2, 0) is 4.79 Å². The Labute approximate surface area is 103 Å². The number of aryl methyl sites for hydroxylation is 1. The molecule has 0 atom stereocenters. The normalized spacial score (nSPS) is 10.4. The van der Waals surface area contributed by atoms with Gasteiger partial charge >= 0.3 is 0 Å². The van der Waals surface area contributed by atoms with Crippen LogP contribution < -0.4 is 11.5 Å². The topological polar surface area (TPSA) is 89.3 Å². The number of aliphatic hydroxyl groups is 1. The zero-order chi connectivity index (χ0) is 13.5. The van der Waals surface area contributed by atoms with E-state index in [1.165, 1.54) is 0 Å². The Morgan fingerprint density at radius 1 is 1.29 bits per heavy atom. The second-order valence-electron chi connectivity index (χ2n) is 3.96. The van der Waals surface area contributed by atoms with E-state index in [1.807, 2.05) is 31.2 Å². The fourth-order valence-electron chi connectivity index (χ4n) is 1.19. The van der Waals surface area contributed by atoms with Gasteiger partial charge in [-0.1, -0.05) is 32.0 Å². The van der Waals surface area contributed by atoms with Crippen molar-refractivity contribution >= 4 is 11.6 Å². The van der Waals surface area contributed by atoms with Gasteiger partial charge in [0.05, 0.1) is 0 Å². The molecule has 5 N–H and O–H groups in total. The second kappa shape index (κ2) is 6.91. The van der Waals surface area contributed by atoms with Gasteiger partial charge in [0.15, 0.2) is 0 Å². The van der Waals surface area contributed by atoms with Crippen molar-refractivity contribution in [2.45, 2.75) is 39.2 Å². The minimum Gasteiger partial charge on any atom is -0.399 e. The highest BCUT2D eigenvalue weighted by Crippen LogP contribution is 2.12. The molecular formula is C13H22N2O2. The van der Waals surface area contributed by atoms with Crippen LogP contribution in [0.1, 0.15) is 32.3 Å². The molecule has 4 nitrogen and oxygen atoms in total. The summed E-state index contributed by atoms with van der Waals surface area (Å²) in [5, 5.41) is 9.23. The number of nitrogen functional groups attached to an aromatic ring is 1. The molecule has 0 spiro atoms. The monoisotopic (exact) mass is 238 g/mol. The van der Waals surface area contributed by atoms with Crippen LogP contribution in [-0.4, -0.2) is 16.6 Å². The number of primary amides is 1. The van der Waals surface area contributed by atoms with Crippen LogP contribution in [0.4, 0.5) is 5.69 Å². The molecule has 1 amide bonds. The van der Waals surface area contributed by atoms with Gasteiger partial charge in [-0.2, -0.15) is 0 Å². The minimum atomic E-state index is -1.28. The van der Waals surface area contributed by atoms with Crippen LogP contribution in [0.5, 0.6) is 0 Å². The smallest absolute Gasteiger partial charge is 0.249 e. The van der Waals surface area contributed by atoms with Crippen LogP contribution >= 0.6 is 0 Å². The third-order valence-electron chi connectivity index (χ3n) is 2.82. The number of carbonyl (C=O) groups excluding carboxylic acids is 1. The van der Waals surface area contributed by atoms with Crippen molar-refractivity contribution in [3.8, 4) is 0 Å². The van der Waals surface area contributed by atoms with E-state index in [1.54, 1.807) is 13.8 Å². The summed E-state index contributed by atoms with van der Waals surface area (Å²) in [5.74, 6) is -0.632. The molecule has 0 heterocycles. The summed E-state index contributed by atoms with van der Waals surface area (Å²) in [6.07, 6.45) is 0.775. The molecule has 0 radical (unpaired) electrons. The first-order valence-corrected chi connectivity index (χ1v) is 5.70. The van der Waals surface area contributed by atoms with Crippen molar-refractivity contribution in [2.75, 3.05) is 5.73 Å². The van der Waals surface area contributed by atoms with Crippen molar-refractivity contribution in [1.82, 2.24) is 0 Å². The van der Waals surface area contributed by atoms with Crippen LogP contribution in [0, 0.1) is 6.92 Å². The summed E-state index contributed by atoms with van der Waals surface area (Å²) >= 11 is 0. The largest absolute Gasteiger partial charge is 0.399 e. The van der Waals surface area contributed by atoms with Crippen molar-refractivity contribution in [1.29, 1.82) is 0 Å². The zero-order valence-corrected chi connectivity index (χ0v) is 10.7. The van der Waals surface area contributed by atoms with Crippen molar-refractivity contribution < 1.29 is 9.90 Å². The average molecular weight is 238 g/mol. The highest BCUT2D eigenvalue weighted by Gasteiger charge is 2.28. The fraction of sp³-hybridized carbons (Fsp3) is 0.462. The number of carbonyl (C=O) groups is 1. The van der Waals surface area contributed by atoms with Gasteiger partial charge < -0.3 is 16.6 Å². The number of anilines is 1. The van der Waals surface area contributed by atoms with E-state index in [4.69, 9.17) is 11.5 Å². The number of nitrogens with two attached hydrogens (primary N) is 2. The maximum absolute atomic E-state index is 10.5. The molecular weight excluding hydrogens is 216 g/mol. The van der Waals surface area contributed by atoms with Crippen molar-refractivity contribution in [3.05, 3.63) is 29.8 Å². The molecule has 0 aromatic heterocycles. The van der Waals surface area contributed by atoms with Gasteiger partial charge in [-0.05, 0) is 31.4 Å². The maximum atomic E-state index is 10.5. The molecule has 1 aromatic rings. The van der Waals surface area contributed by atoms with Gasteiger partial charge in [-0.25, -0.2) is 0 Å². The Morgan fingerprint density at radius 2 is 1.76 bits per heavy atom. The van der Waals surface area contributed by atoms with Gasteiger partial charge in [-0.15, -0.1) is 0 Å². The maximum Gasteiger partial charge on any atom is 0.249 e. The van der Waals surface area contributed by atoms with Gasteiger partial charge in [0.2, 0.25) is 5.91 Å². The first-order valence-electron chi connectivity index (χ1n) is 5.70. The molecule has 0 fully saturated rings. The Hall–Kier alpha value is -1.55. The lowest BCUT2D eigenvalue weighted by Gasteiger charge is -2.19. The zero-order valence-electron chi connectivity index (χ0n) is 10.7. The molecule has 0 aliphatic carbocycles. The Balaban J connectivity index is 0.000000302. The molecule has 0 aliphatic heterocycles. The minimum absolute atomic E-state index is 0.388. The summed E-state index contributed by atoms with van der Waals surface area (Å²) in [4.78, 5) is 10.5. The van der Waals surface area contributed by atoms with E-state index in [2.05, 4.69) is 0 Å². The fourth-order valence-corrected chi connectivity index (χ4v) is 1.19.